The van der Waals surface area contributed by atoms with Crippen molar-refractivity contribution < 1.29 is 33.3 Å². The van der Waals surface area contributed by atoms with Gasteiger partial charge in [0.2, 0.25) is 0 Å². The van der Waals surface area contributed by atoms with Crippen LogP contribution in [-0.4, -0.2) is 35.2 Å². The van der Waals surface area contributed by atoms with Crippen molar-refractivity contribution in [1.82, 2.24) is 0 Å². The summed E-state index contributed by atoms with van der Waals surface area (Å²) < 4.78 is 31.2. The molecule has 0 bridgehead atoms. The molecule has 5 nitrogen and oxygen atoms in total. The number of ether oxygens (including phenoxy) is 1. The number of aliphatic hydroxyl groups excluding tert-OH is 1. The minimum Gasteiger partial charge on any atom is -0.546 e. The maximum absolute atomic E-state index is 13.5. The Morgan fingerprint density at radius 3 is 2.05 bits per heavy atom. The summed E-state index contributed by atoms with van der Waals surface area (Å²) in [5, 5.41) is 19.9. The molecule has 0 aliphatic heterocycles. The van der Waals surface area contributed by atoms with E-state index >= 15 is 0 Å². The van der Waals surface area contributed by atoms with Crippen molar-refractivity contribution in [1.29, 1.82) is 0 Å². The highest BCUT2D eigenvalue weighted by atomic mass is 19.3. The minimum atomic E-state index is -4.15. The van der Waals surface area contributed by atoms with Gasteiger partial charge in [-0.3, -0.25) is 0 Å². The van der Waals surface area contributed by atoms with E-state index in [-0.39, 0.29) is 12.3 Å². The molecule has 0 radical (unpaired) electrons. The molecule has 0 aromatic rings. The molecule has 19 heavy (non-hydrogen) atoms. The van der Waals surface area contributed by atoms with E-state index < -0.39 is 36.0 Å². The Labute approximate surface area is 110 Å². The number of carbonyl (C=O) groups is 2. The van der Waals surface area contributed by atoms with Crippen molar-refractivity contribution in [2.45, 2.75) is 52.2 Å². The van der Waals surface area contributed by atoms with Crippen molar-refractivity contribution >= 4 is 11.9 Å². The Hall–Kier alpha value is -1.24. The van der Waals surface area contributed by atoms with Crippen LogP contribution in [0.2, 0.25) is 0 Å². The molecular formula is C12H19F2O5-. The fourth-order valence-corrected chi connectivity index (χ4v) is 1.37. The number of alkyl halides is 2. The van der Waals surface area contributed by atoms with Gasteiger partial charge in [0.05, 0.1) is 5.97 Å². The summed E-state index contributed by atoms with van der Waals surface area (Å²) in [6.45, 7) is 5.89. The van der Waals surface area contributed by atoms with Gasteiger partial charge in [-0.2, -0.15) is 8.78 Å². The Kier molecular flexibility index (Phi) is 6.35. The van der Waals surface area contributed by atoms with Crippen LogP contribution in [0, 0.1) is 11.8 Å². The van der Waals surface area contributed by atoms with Crippen LogP contribution in [0.15, 0.2) is 0 Å². The largest absolute Gasteiger partial charge is 0.546 e. The molecule has 0 rings (SSSR count). The smallest absolute Gasteiger partial charge is 0.380 e. The summed E-state index contributed by atoms with van der Waals surface area (Å²) in [6, 6.07) is 0. The number of carboxylic acids is 1. The Morgan fingerprint density at radius 1 is 1.26 bits per heavy atom. The third-order valence-electron chi connectivity index (χ3n) is 2.47. The van der Waals surface area contributed by atoms with E-state index in [9.17, 15) is 28.6 Å². The number of halogens is 2. The lowest BCUT2D eigenvalue weighted by Gasteiger charge is -2.27. The van der Waals surface area contributed by atoms with Gasteiger partial charge < -0.3 is 19.7 Å². The normalized spacial score (nSPS) is 15.4. The average Bonchev–Trinajstić information content (AvgIpc) is 2.25. The fourth-order valence-electron chi connectivity index (χ4n) is 1.37. The minimum absolute atomic E-state index is 0.137. The van der Waals surface area contributed by atoms with E-state index in [1.165, 1.54) is 13.8 Å². The highest BCUT2D eigenvalue weighted by Crippen LogP contribution is 2.26. The molecule has 0 heterocycles. The molecule has 0 aromatic carbocycles. The second-order valence-electron chi connectivity index (χ2n) is 5.15. The van der Waals surface area contributed by atoms with E-state index in [1.54, 1.807) is 13.8 Å². The van der Waals surface area contributed by atoms with Crippen molar-refractivity contribution in [3.63, 3.8) is 0 Å². The predicted molar refractivity (Wildman–Crippen MR) is 60.1 cm³/mol. The van der Waals surface area contributed by atoms with Gasteiger partial charge in [0, 0.05) is 0 Å². The molecule has 2 unspecified atom stereocenters. The number of hydrogen-bond acceptors (Lipinski definition) is 5. The molecule has 0 aliphatic rings. The second-order valence-corrected chi connectivity index (χ2v) is 5.15. The lowest BCUT2D eigenvalue weighted by atomic mass is 10.0. The van der Waals surface area contributed by atoms with Crippen LogP contribution < -0.4 is 5.11 Å². The van der Waals surface area contributed by atoms with Crippen molar-refractivity contribution in [3.8, 4) is 0 Å². The highest BCUT2D eigenvalue weighted by Gasteiger charge is 2.50. The van der Waals surface area contributed by atoms with E-state index in [1.807, 2.05) is 0 Å². The number of carbonyl (C=O) groups excluding carboxylic acids is 2. The van der Waals surface area contributed by atoms with Gasteiger partial charge in [0.1, 0.15) is 12.2 Å². The highest BCUT2D eigenvalue weighted by molar-refractivity contribution is 5.82. The lowest BCUT2D eigenvalue weighted by Crippen LogP contribution is -2.49. The first-order chi connectivity index (χ1) is 8.50. The third kappa shape index (κ3) is 5.10. The number of rotatable bonds is 7. The fraction of sp³-hybridized carbons (Fsp3) is 0.833. The van der Waals surface area contributed by atoms with E-state index in [4.69, 9.17) is 0 Å². The van der Waals surface area contributed by atoms with Gasteiger partial charge in [-0.25, -0.2) is 4.79 Å². The van der Waals surface area contributed by atoms with E-state index in [0.717, 1.165) is 0 Å². The Bertz CT molecular complexity index is 328. The monoisotopic (exact) mass is 281 g/mol. The SMILES string of the molecule is CC(C)CC(OC(=O)C(F)(F)C(O)C(C)C)C(=O)[O-]. The number of hydrogen-bond donors (Lipinski definition) is 1. The summed E-state index contributed by atoms with van der Waals surface area (Å²) in [5.74, 6) is -9.01. The Balaban J connectivity index is 4.85. The topological polar surface area (TPSA) is 86.7 Å². The van der Waals surface area contributed by atoms with Gasteiger partial charge >= 0.3 is 11.9 Å². The molecule has 0 fully saturated rings. The summed E-state index contributed by atoms with van der Waals surface area (Å²) in [6.07, 6.45) is -4.12. The van der Waals surface area contributed by atoms with Crippen LogP contribution in [0.1, 0.15) is 34.1 Å². The van der Waals surface area contributed by atoms with Crippen LogP contribution in [-0.2, 0) is 14.3 Å². The molecule has 0 aliphatic carbocycles. The van der Waals surface area contributed by atoms with Gasteiger partial charge in [0.25, 0.3) is 0 Å². The zero-order chi connectivity index (χ0) is 15.4. The van der Waals surface area contributed by atoms with Crippen LogP contribution >= 0.6 is 0 Å². The average molecular weight is 281 g/mol. The van der Waals surface area contributed by atoms with Gasteiger partial charge in [-0.05, 0) is 18.3 Å². The number of carboxylic acid groups (broad SMARTS) is 1. The van der Waals surface area contributed by atoms with Crippen molar-refractivity contribution in [2.24, 2.45) is 11.8 Å². The molecule has 0 spiro atoms. The number of esters is 1. The molecule has 7 heteroatoms. The van der Waals surface area contributed by atoms with Crippen LogP contribution in [0.4, 0.5) is 8.78 Å². The molecule has 112 valence electrons. The summed E-state index contributed by atoms with van der Waals surface area (Å²) in [7, 11) is 0. The summed E-state index contributed by atoms with van der Waals surface area (Å²) >= 11 is 0. The second kappa shape index (κ2) is 6.79. The standard InChI is InChI=1S/C12H20F2O5/c1-6(2)5-8(10(16)17)19-11(18)12(13,14)9(15)7(3)4/h6-9,15H,5H2,1-4H3,(H,16,17)/p-1. The van der Waals surface area contributed by atoms with Crippen LogP contribution in [0.3, 0.4) is 0 Å². The van der Waals surface area contributed by atoms with Crippen LogP contribution in [0.5, 0.6) is 0 Å². The Morgan fingerprint density at radius 2 is 1.74 bits per heavy atom. The zero-order valence-corrected chi connectivity index (χ0v) is 11.4. The molecule has 1 N–H and O–H groups in total. The van der Waals surface area contributed by atoms with Gasteiger partial charge in [-0.15, -0.1) is 0 Å². The van der Waals surface area contributed by atoms with Crippen molar-refractivity contribution in [3.05, 3.63) is 0 Å². The first-order valence-corrected chi connectivity index (χ1v) is 5.97. The molecular weight excluding hydrogens is 262 g/mol. The molecule has 0 saturated carbocycles. The molecule has 2 atom stereocenters. The van der Waals surface area contributed by atoms with Gasteiger partial charge in [-0.1, -0.05) is 27.7 Å². The summed E-state index contributed by atoms with van der Waals surface area (Å²) in [4.78, 5) is 22.0. The molecule has 0 amide bonds. The summed E-state index contributed by atoms with van der Waals surface area (Å²) in [5.41, 5.74) is 0. The molecule has 0 saturated heterocycles. The van der Waals surface area contributed by atoms with E-state index in [2.05, 4.69) is 4.74 Å². The zero-order valence-electron chi connectivity index (χ0n) is 11.4. The van der Waals surface area contributed by atoms with Gasteiger partial charge in [0.15, 0.2) is 0 Å². The van der Waals surface area contributed by atoms with Crippen LogP contribution in [0.25, 0.3) is 0 Å². The predicted octanol–water partition coefficient (Wildman–Crippen LogP) is 0.346. The maximum Gasteiger partial charge on any atom is 0.380 e. The first kappa shape index (κ1) is 17.8. The molecule has 0 aromatic heterocycles. The maximum atomic E-state index is 13.5. The first-order valence-electron chi connectivity index (χ1n) is 5.97. The third-order valence-corrected chi connectivity index (χ3v) is 2.47. The number of aliphatic carboxylic acids is 1. The lowest BCUT2D eigenvalue weighted by molar-refractivity contribution is -0.317. The number of aliphatic hydroxyl groups is 1. The van der Waals surface area contributed by atoms with Crippen molar-refractivity contribution in [2.75, 3.05) is 0 Å². The van der Waals surface area contributed by atoms with E-state index in [0.29, 0.717) is 0 Å². The quantitative estimate of drug-likeness (QED) is 0.680.